The van der Waals surface area contributed by atoms with E-state index < -0.39 is 4.92 Å². The smallest absolute Gasteiger partial charge is 0.306 e. The average molecular weight is 837 g/mol. The zero-order valence-corrected chi connectivity index (χ0v) is 39.4. The number of hydrogen-bond acceptors (Lipinski definition) is 9. The van der Waals surface area contributed by atoms with Gasteiger partial charge >= 0.3 is 11.9 Å². The van der Waals surface area contributed by atoms with Crippen molar-refractivity contribution in [3.8, 4) is 0 Å². The molecule has 10 nitrogen and oxygen atoms in total. The number of nitro groups is 1. The second-order valence-electron chi connectivity index (χ2n) is 17.5. The minimum Gasteiger partial charge on any atom is -0.465 e. The number of carbonyl (C=O) groups excluding carboxylic acids is 2. The van der Waals surface area contributed by atoms with E-state index in [1.165, 1.54) is 96.3 Å². The van der Waals surface area contributed by atoms with E-state index in [-0.39, 0.29) is 18.0 Å². The highest BCUT2D eigenvalue weighted by molar-refractivity contribution is 5.69. The lowest BCUT2D eigenvalue weighted by atomic mass is 10.0. The van der Waals surface area contributed by atoms with Crippen LogP contribution < -0.4 is 10.6 Å². The van der Waals surface area contributed by atoms with Gasteiger partial charge in [0.15, 0.2) is 5.82 Å². The molecule has 0 aromatic heterocycles. The molecule has 0 bridgehead atoms. The maximum atomic E-state index is 12.8. The molecular formula is C49H96N4O6. The zero-order valence-electron chi connectivity index (χ0n) is 39.4. The van der Waals surface area contributed by atoms with Crippen molar-refractivity contribution < 1.29 is 24.0 Å². The maximum absolute atomic E-state index is 12.8. The van der Waals surface area contributed by atoms with Crippen molar-refractivity contribution in [2.75, 3.05) is 39.8 Å². The molecule has 0 heterocycles. The van der Waals surface area contributed by atoms with Crippen LogP contribution in [0.2, 0.25) is 0 Å². The molecule has 0 aromatic carbocycles. The van der Waals surface area contributed by atoms with Gasteiger partial charge in [0.1, 0.15) is 6.10 Å². The van der Waals surface area contributed by atoms with E-state index in [0.717, 1.165) is 129 Å². The molecule has 59 heavy (non-hydrogen) atoms. The Morgan fingerprint density at radius 2 is 1.02 bits per heavy atom. The van der Waals surface area contributed by atoms with E-state index >= 15 is 0 Å². The van der Waals surface area contributed by atoms with E-state index in [1.807, 2.05) is 0 Å². The van der Waals surface area contributed by atoms with Gasteiger partial charge in [-0.1, -0.05) is 163 Å². The van der Waals surface area contributed by atoms with Crippen LogP contribution in [0.3, 0.4) is 0 Å². The second-order valence-corrected chi connectivity index (χ2v) is 17.5. The van der Waals surface area contributed by atoms with Crippen molar-refractivity contribution in [1.82, 2.24) is 15.5 Å². The number of esters is 2. The normalized spacial score (nSPS) is 12.3. The molecule has 0 saturated carbocycles. The van der Waals surface area contributed by atoms with Gasteiger partial charge in [0.25, 0.3) is 6.20 Å². The molecule has 0 aliphatic heterocycles. The third kappa shape index (κ3) is 40.8. The van der Waals surface area contributed by atoms with Crippen LogP contribution in [-0.2, 0) is 19.1 Å². The summed E-state index contributed by atoms with van der Waals surface area (Å²) in [6.07, 6.45) is 38.5. The third-order valence-electron chi connectivity index (χ3n) is 11.6. The monoisotopic (exact) mass is 837 g/mol. The van der Waals surface area contributed by atoms with Gasteiger partial charge in [0.05, 0.1) is 11.5 Å². The van der Waals surface area contributed by atoms with Gasteiger partial charge in [0.2, 0.25) is 0 Å². The van der Waals surface area contributed by atoms with Gasteiger partial charge in [-0.25, -0.2) is 0 Å². The molecule has 348 valence electrons. The summed E-state index contributed by atoms with van der Waals surface area (Å²) in [7, 11) is 1.68. The van der Waals surface area contributed by atoms with Crippen LogP contribution in [0.1, 0.15) is 240 Å². The van der Waals surface area contributed by atoms with E-state index in [0.29, 0.717) is 37.7 Å². The van der Waals surface area contributed by atoms with Crippen LogP contribution in [-0.4, -0.2) is 67.7 Å². The predicted molar refractivity (Wildman–Crippen MR) is 248 cm³/mol. The van der Waals surface area contributed by atoms with Crippen molar-refractivity contribution in [2.24, 2.45) is 5.92 Å². The first kappa shape index (κ1) is 56.6. The van der Waals surface area contributed by atoms with E-state index in [9.17, 15) is 19.7 Å². The van der Waals surface area contributed by atoms with Gasteiger partial charge < -0.3 is 25.0 Å². The highest BCUT2D eigenvalue weighted by Crippen LogP contribution is 2.19. The lowest BCUT2D eigenvalue weighted by Gasteiger charge is -2.22. The van der Waals surface area contributed by atoms with Gasteiger partial charge in [-0.2, -0.15) is 0 Å². The number of nitrogens with zero attached hydrogens (tertiary/aromatic N) is 2. The number of nitrogens with one attached hydrogen (secondary N) is 2. The van der Waals surface area contributed by atoms with Crippen LogP contribution in [0.15, 0.2) is 12.0 Å². The molecule has 10 heteroatoms. The summed E-state index contributed by atoms with van der Waals surface area (Å²) in [6.45, 7) is 13.2. The van der Waals surface area contributed by atoms with Crippen LogP contribution in [0.25, 0.3) is 0 Å². The van der Waals surface area contributed by atoms with E-state index in [1.54, 1.807) is 7.05 Å². The molecule has 0 aliphatic carbocycles. The fourth-order valence-corrected chi connectivity index (χ4v) is 7.73. The summed E-state index contributed by atoms with van der Waals surface area (Å²) in [6, 6.07) is 0. The quantitative estimate of drug-likeness (QED) is 0.0267. The van der Waals surface area contributed by atoms with Crippen molar-refractivity contribution in [3.63, 3.8) is 0 Å². The van der Waals surface area contributed by atoms with Crippen LogP contribution >= 0.6 is 0 Å². The third-order valence-corrected chi connectivity index (χ3v) is 11.6. The Morgan fingerprint density at radius 3 is 1.51 bits per heavy atom. The molecule has 0 rings (SSSR count). The minimum absolute atomic E-state index is 0.00499. The first-order valence-corrected chi connectivity index (χ1v) is 25.1. The largest absolute Gasteiger partial charge is 0.465 e. The fraction of sp³-hybridized carbons (Fsp3) is 0.918. The molecule has 0 aliphatic rings. The Bertz CT molecular complexity index is 980. The molecule has 1 atom stereocenters. The topological polar surface area (TPSA) is 123 Å². The molecule has 0 amide bonds. The van der Waals surface area contributed by atoms with E-state index in [4.69, 9.17) is 9.47 Å². The molecular weight excluding hydrogens is 741 g/mol. The average Bonchev–Trinajstić information content (AvgIpc) is 3.22. The summed E-state index contributed by atoms with van der Waals surface area (Å²) < 4.78 is 11.6. The molecule has 0 radical (unpaired) electrons. The Balaban J connectivity index is 4.53. The molecule has 1 unspecified atom stereocenters. The minimum atomic E-state index is -0.444. The summed E-state index contributed by atoms with van der Waals surface area (Å²) in [5.41, 5.74) is 0. The van der Waals surface area contributed by atoms with Crippen LogP contribution in [0.4, 0.5) is 0 Å². The van der Waals surface area contributed by atoms with Crippen molar-refractivity contribution >= 4 is 11.9 Å². The van der Waals surface area contributed by atoms with Crippen LogP contribution in [0.5, 0.6) is 0 Å². The van der Waals surface area contributed by atoms with Crippen molar-refractivity contribution in [1.29, 1.82) is 0 Å². The maximum Gasteiger partial charge on any atom is 0.306 e. The summed E-state index contributed by atoms with van der Waals surface area (Å²) in [5, 5.41) is 16.9. The van der Waals surface area contributed by atoms with Gasteiger partial charge in [-0.05, 0) is 89.8 Å². The predicted octanol–water partition coefficient (Wildman–Crippen LogP) is 13.2. The second kappa shape index (κ2) is 43.7. The SMILES string of the molecule is CCCCCCCCC(CCCCCCCC)OC(=O)CCCCCCCN(CCCCCCCC(=O)OCC(C)CCCCCCC)CCCN/C(=C/[N+](=O)[O-])NC. The Kier molecular flexibility index (Phi) is 42.0. The molecule has 0 fully saturated rings. The highest BCUT2D eigenvalue weighted by atomic mass is 16.6. The fourth-order valence-electron chi connectivity index (χ4n) is 7.73. The molecule has 0 spiro atoms. The van der Waals surface area contributed by atoms with Gasteiger partial charge in [0, 0.05) is 26.4 Å². The number of unbranched alkanes of at least 4 members (excludes halogenated alkanes) is 22. The number of hydrogen-bond donors (Lipinski definition) is 2. The molecule has 0 saturated heterocycles. The van der Waals surface area contributed by atoms with E-state index in [2.05, 4.69) is 43.2 Å². The lowest BCUT2D eigenvalue weighted by molar-refractivity contribution is -0.404. The molecule has 0 aromatic rings. The Hall–Kier alpha value is -2.36. The van der Waals surface area contributed by atoms with Crippen LogP contribution in [0, 0.1) is 16.0 Å². The number of rotatable bonds is 46. The van der Waals surface area contributed by atoms with Gasteiger partial charge in [-0.15, -0.1) is 0 Å². The Morgan fingerprint density at radius 1 is 0.593 bits per heavy atom. The van der Waals surface area contributed by atoms with Crippen molar-refractivity contribution in [3.05, 3.63) is 22.1 Å². The number of ether oxygens (including phenoxy) is 2. The summed E-state index contributed by atoms with van der Waals surface area (Å²) in [5.74, 6) is 0.806. The summed E-state index contributed by atoms with van der Waals surface area (Å²) >= 11 is 0. The molecule has 2 N–H and O–H groups in total. The zero-order chi connectivity index (χ0) is 43.4. The first-order valence-electron chi connectivity index (χ1n) is 25.1. The number of carbonyl (C=O) groups is 2. The van der Waals surface area contributed by atoms with Crippen molar-refractivity contribution in [2.45, 2.75) is 246 Å². The standard InChI is InChI=1S/C49H96N4O6/c1-6-9-12-15-20-27-35-46(36-28-21-16-13-10-7-2)59-49(55)38-30-23-18-25-32-41-52(42-33-39-51-47(50-5)43-53(56)57)40-31-24-17-22-29-37-48(54)58-44-45(4)34-26-19-14-11-8-3/h43,45-46,50-51H,6-42,44H2,1-5H3/b47-43+. The summed E-state index contributed by atoms with van der Waals surface area (Å²) in [4.78, 5) is 38.1. The highest BCUT2D eigenvalue weighted by Gasteiger charge is 2.15. The van der Waals surface area contributed by atoms with Gasteiger partial charge in [-0.3, -0.25) is 19.7 Å². The first-order chi connectivity index (χ1) is 28.7. The lowest BCUT2D eigenvalue weighted by Crippen LogP contribution is -2.31. The Labute approximate surface area is 364 Å².